The molecule has 0 atom stereocenters. The lowest BCUT2D eigenvalue weighted by molar-refractivity contribution is 0.0595. The predicted molar refractivity (Wildman–Crippen MR) is 52.4 cm³/mol. The van der Waals surface area contributed by atoms with Crippen molar-refractivity contribution in [2.75, 3.05) is 7.11 Å². The largest absolute Gasteiger partial charge is 0.465 e. The average Bonchev–Trinajstić information content (AvgIpc) is 2.27. The van der Waals surface area contributed by atoms with Gasteiger partial charge in [-0.15, -0.1) is 0 Å². The summed E-state index contributed by atoms with van der Waals surface area (Å²) >= 11 is 0. The van der Waals surface area contributed by atoms with E-state index in [4.69, 9.17) is 0 Å². The Hall–Kier alpha value is -1.71. The van der Waals surface area contributed by atoms with Gasteiger partial charge in [0.05, 0.1) is 18.2 Å². The van der Waals surface area contributed by atoms with Crippen LogP contribution in [0.4, 0.5) is 4.39 Å². The lowest BCUT2D eigenvalue weighted by Crippen LogP contribution is -2.09. The third-order valence-corrected chi connectivity index (χ3v) is 2.03. The molecule has 0 saturated heterocycles. The van der Waals surface area contributed by atoms with Crippen LogP contribution in [0.15, 0.2) is 18.2 Å². The van der Waals surface area contributed by atoms with Crippen LogP contribution in [0.5, 0.6) is 0 Å². The van der Waals surface area contributed by atoms with Crippen LogP contribution in [0.1, 0.15) is 34.1 Å². The minimum absolute atomic E-state index is 0.0691. The first kappa shape index (κ1) is 11.4. The number of benzene rings is 1. The Kier molecular flexibility index (Phi) is 3.55. The Morgan fingerprint density at radius 1 is 1.33 bits per heavy atom. The van der Waals surface area contributed by atoms with E-state index in [1.54, 1.807) is 6.92 Å². The number of ether oxygens (including phenoxy) is 1. The summed E-state index contributed by atoms with van der Waals surface area (Å²) in [7, 11) is 1.16. The van der Waals surface area contributed by atoms with E-state index < -0.39 is 11.8 Å². The van der Waals surface area contributed by atoms with Gasteiger partial charge in [0, 0.05) is 6.42 Å². The van der Waals surface area contributed by atoms with Gasteiger partial charge in [-0.2, -0.15) is 0 Å². The average molecular weight is 210 g/mol. The number of hydrogen-bond donors (Lipinski definition) is 0. The molecule has 3 nitrogen and oxygen atoms in total. The highest BCUT2D eigenvalue weighted by atomic mass is 19.1. The number of carbonyl (C=O) groups excluding carboxylic acids is 2. The number of rotatable bonds is 3. The highest BCUT2D eigenvalue weighted by molar-refractivity contribution is 5.99. The van der Waals surface area contributed by atoms with E-state index in [1.807, 2.05) is 0 Å². The number of ketones is 1. The number of halogens is 1. The summed E-state index contributed by atoms with van der Waals surface area (Å²) in [6.07, 6.45) is 0.196. The molecule has 0 N–H and O–H groups in total. The number of Topliss-reactive ketones (excluding diaryl/α,β-unsaturated/α-hetero) is 1. The number of hydrogen-bond acceptors (Lipinski definition) is 3. The summed E-state index contributed by atoms with van der Waals surface area (Å²) in [5.74, 6) is -1.92. The first-order chi connectivity index (χ1) is 7.11. The second kappa shape index (κ2) is 4.68. The van der Waals surface area contributed by atoms with Crippen LogP contribution in [-0.4, -0.2) is 18.9 Å². The van der Waals surface area contributed by atoms with Gasteiger partial charge in [-0.1, -0.05) is 13.0 Å². The Bertz CT molecular complexity index is 365. The van der Waals surface area contributed by atoms with E-state index in [0.29, 0.717) is 0 Å². The Labute approximate surface area is 86.9 Å². The summed E-state index contributed by atoms with van der Waals surface area (Å²) < 4.78 is 18.0. The fourth-order valence-corrected chi connectivity index (χ4v) is 1.21. The number of methoxy groups -OCH3 is 1. The minimum atomic E-state index is -0.809. The molecule has 0 bridgehead atoms. The van der Waals surface area contributed by atoms with Crippen molar-refractivity contribution in [3.8, 4) is 0 Å². The molecule has 0 spiro atoms. The first-order valence-electron chi connectivity index (χ1n) is 4.51. The zero-order chi connectivity index (χ0) is 11.4. The maximum atomic E-state index is 13.6. The summed E-state index contributed by atoms with van der Waals surface area (Å²) in [6.45, 7) is 1.63. The zero-order valence-corrected chi connectivity index (χ0v) is 8.54. The molecule has 0 fully saturated rings. The van der Waals surface area contributed by atoms with Crippen molar-refractivity contribution in [1.82, 2.24) is 0 Å². The van der Waals surface area contributed by atoms with Crippen molar-refractivity contribution < 1.29 is 18.7 Å². The number of carbonyl (C=O) groups is 2. The lowest BCUT2D eigenvalue weighted by Gasteiger charge is -2.04. The van der Waals surface area contributed by atoms with E-state index in [2.05, 4.69) is 4.74 Å². The number of esters is 1. The van der Waals surface area contributed by atoms with Crippen LogP contribution < -0.4 is 0 Å². The predicted octanol–water partition coefficient (Wildman–Crippen LogP) is 2.21. The lowest BCUT2D eigenvalue weighted by atomic mass is 10.0. The van der Waals surface area contributed by atoms with Crippen LogP contribution in [0.2, 0.25) is 0 Å². The van der Waals surface area contributed by atoms with E-state index in [1.165, 1.54) is 18.2 Å². The van der Waals surface area contributed by atoms with Crippen LogP contribution in [0, 0.1) is 5.82 Å². The van der Waals surface area contributed by atoms with Gasteiger partial charge >= 0.3 is 5.97 Å². The van der Waals surface area contributed by atoms with Gasteiger partial charge in [-0.05, 0) is 12.1 Å². The van der Waals surface area contributed by atoms with E-state index >= 15 is 0 Å². The van der Waals surface area contributed by atoms with Crippen LogP contribution >= 0.6 is 0 Å². The summed E-state index contributed by atoms with van der Waals surface area (Å²) in [6, 6.07) is 4.10. The van der Waals surface area contributed by atoms with Crippen molar-refractivity contribution in [2.45, 2.75) is 13.3 Å². The molecule has 0 unspecified atom stereocenters. The molecule has 0 saturated carbocycles. The van der Waals surface area contributed by atoms with Gasteiger partial charge in [0.1, 0.15) is 5.82 Å². The van der Waals surface area contributed by atoms with Crippen molar-refractivity contribution in [3.63, 3.8) is 0 Å². The van der Waals surface area contributed by atoms with Gasteiger partial charge in [0.2, 0.25) is 0 Å². The molecule has 4 heteroatoms. The Morgan fingerprint density at radius 3 is 2.47 bits per heavy atom. The smallest absolute Gasteiger partial charge is 0.340 e. The molecule has 0 aliphatic carbocycles. The molecule has 1 aromatic rings. The van der Waals surface area contributed by atoms with E-state index in [9.17, 15) is 14.0 Å². The summed E-state index contributed by atoms with van der Waals surface area (Å²) in [5, 5.41) is 0. The van der Waals surface area contributed by atoms with Gasteiger partial charge in [0.25, 0.3) is 0 Å². The summed E-state index contributed by atoms with van der Waals surface area (Å²) in [5.41, 5.74) is -0.280. The monoisotopic (exact) mass is 210 g/mol. The molecular weight excluding hydrogens is 199 g/mol. The standard InChI is InChI=1S/C11H11FO3/c1-3-9(13)7-5-4-6-8(10(7)12)11(14)15-2/h4-6H,3H2,1-2H3. The molecule has 80 valence electrons. The maximum Gasteiger partial charge on any atom is 0.340 e. The normalized spacial score (nSPS) is 9.80. The second-order valence-electron chi connectivity index (χ2n) is 2.94. The van der Waals surface area contributed by atoms with Gasteiger partial charge in [0.15, 0.2) is 5.78 Å². The second-order valence-corrected chi connectivity index (χ2v) is 2.94. The Balaban J connectivity index is 3.23. The van der Waals surface area contributed by atoms with E-state index in [0.717, 1.165) is 7.11 Å². The van der Waals surface area contributed by atoms with Crippen molar-refractivity contribution in [3.05, 3.63) is 35.1 Å². The fourth-order valence-electron chi connectivity index (χ4n) is 1.21. The first-order valence-corrected chi connectivity index (χ1v) is 4.51. The molecule has 0 aliphatic rings. The molecule has 0 amide bonds. The van der Waals surface area contributed by atoms with Gasteiger partial charge < -0.3 is 4.74 Å². The van der Waals surface area contributed by atoms with Gasteiger partial charge in [-0.3, -0.25) is 4.79 Å². The Morgan fingerprint density at radius 2 is 1.93 bits per heavy atom. The van der Waals surface area contributed by atoms with Crippen LogP contribution in [0.3, 0.4) is 0 Å². The summed E-state index contributed by atoms with van der Waals surface area (Å²) in [4.78, 5) is 22.4. The van der Waals surface area contributed by atoms with Gasteiger partial charge in [-0.25, -0.2) is 9.18 Å². The van der Waals surface area contributed by atoms with Crippen molar-refractivity contribution >= 4 is 11.8 Å². The molecule has 0 aliphatic heterocycles. The topological polar surface area (TPSA) is 43.4 Å². The molecule has 15 heavy (non-hydrogen) atoms. The molecule has 1 aromatic carbocycles. The zero-order valence-electron chi connectivity index (χ0n) is 8.54. The highest BCUT2D eigenvalue weighted by Gasteiger charge is 2.18. The van der Waals surface area contributed by atoms with Crippen molar-refractivity contribution in [2.24, 2.45) is 0 Å². The maximum absolute atomic E-state index is 13.6. The van der Waals surface area contributed by atoms with Crippen LogP contribution in [0.25, 0.3) is 0 Å². The third-order valence-electron chi connectivity index (χ3n) is 2.03. The van der Waals surface area contributed by atoms with Crippen molar-refractivity contribution in [1.29, 1.82) is 0 Å². The molecule has 0 heterocycles. The van der Waals surface area contributed by atoms with Crippen LogP contribution in [-0.2, 0) is 4.74 Å². The third kappa shape index (κ3) is 2.21. The quantitative estimate of drug-likeness (QED) is 0.567. The van der Waals surface area contributed by atoms with E-state index in [-0.39, 0.29) is 23.3 Å². The SMILES string of the molecule is CCC(=O)c1cccc(C(=O)OC)c1F. The molecule has 1 rings (SSSR count). The molecule has 0 radical (unpaired) electrons. The fraction of sp³-hybridized carbons (Fsp3) is 0.273. The minimum Gasteiger partial charge on any atom is -0.465 e. The molecular formula is C11H11FO3. The molecule has 0 aromatic heterocycles. The highest BCUT2D eigenvalue weighted by Crippen LogP contribution is 2.15.